The number of benzene rings is 2. The van der Waals surface area contributed by atoms with Gasteiger partial charge in [-0.25, -0.2) is 4.79 Å². The summed E-state index contributed by atoms with van der Waals surface area (Å²) in [6.45, 7) is 4.28. The molecule has 4 rings (SSSR count). The second-order valence-corrected chi connectivity index (χ2v) is 7.61. The summed E-state index contributed by atoms with van der Waals surface area (Å²) in [4.78, 5) is 19.0. The molecule has 2 aromatic carbocycles. The maximum Gasteiger partial charge on any atom is 0.322 e. The van der Waals surface area contributed by atoms with Gasteiger partial charge in [0.25, 0.3) is 5.89 Å². The number of ether oxygens (including phenoxy) is 2. The third-order valence-electron chi connectivity index (χ3n) is 5.39. The molecule has 1 unspecified atom stereocenters. The van der Waals surface area contributed by atoms with Crippen molar-refractivity contribution in [3.63, 3.8) is 0 Å². The Kier molecular flexibility index (Phi) is 6.05. The quantitative estimate of drug-likeness (QED) is 0.568. The molecule has 0 radical (unpaired) electrons. The number of amides is 2. The van der Waals surface area contributed by atoms with E-state index in [9.17, 15) is 4.79 Å². The van der Waals surface area contributed by atoms with Crippen LogP contribution in [-0.4, -0.2) is 41.8 Å². The van der Waals surface area contributed by atoms with E-state index in [-0.39, 0.29) is 6.03 Å². The average Bonchev–Trinajstić information content (AvgIpc) is 3.28. The summed E-state index contributed by atoms with van der Waals surface area (Å²) < 4.78 is 16.3. The molecule has 0 fully saturated rings. The molecule has 1 aliphatic heterocycles. The standard InChI is InChI=1S/C23H23ClN4O4/c1-5-28-13(2)19(20(25-23(28)29)14-7-6-8-16(24)11-14)22-26-21(27-32-22)15-9-10-17(30-3)18(12-15)31-4/h6-12,20H,5H2,1-4H3,(H,25,29). The van der Waals surface area contributed by atoms with Crippen molar-refractivity contribution in [1.29, 1.82) is 0 Å². The van der Waals surface area contributed by atoms with Gasteiger partial charge in [-0.1, -0.05) is 28.9 Å². The summed E-state index contributed by atoms with van der Waals surface area (Å²) in [5.41, 5.74) is 2.99. The maximum absolute atomic E-state index is 12.7. The molecule has 0 saturated carbocycles. The lowest BCUT2D eigenvalue weighted by Gasteiger charge is -2.34. The molecule has 1 aromatic heterocycles. The molecule has 32 heavy (non-hydrogen) atoms. The van der Waals surface area contributed by atoms with E-state index < -0.39 is 6.04 Å². The molecule has 2 heterocycles. The molecule has 3 aromatic rings. The predicted molar refractivity (Wildman–Crippen MR) is 121 cm³/mol. The minimum absolute atomic E-state index is 0.196. The first-order chi connectivity index (χ1) is 15.5. The normalized spacial score (nSPS) is 16.2. The Morgan fingerprint density at radius 2 is 1.94 bits per heavy atom. The van der Waals surface area contributed by atoms with Crippen LogP contribution >= 0.6 is 11.6 Å². The number of carbonyl (C=O) groups is 1. The fourth-order valence-corrected chi connectivity index (χ4v) is 4.00. The Labute approximate surface area is 190 Å². The van der Waals surface area contributed by atoms with E-state index in [0.29, 0.717) is 45.9 Å². The van der Waals surface area contributed by atoms with Gasteiger partial charge in [0.1, 0.15) is 0 Å². The highest BCUT2D eigenvalue weighted by atomic mass is 35.5. The summed E-state index contributed by atoms with van der Waals surface area (Å²) >= 11 is 6.21. The van der Waals surface area contributed by atoms with Crippen LogP contribution in [-0.2, 0) is 0 Å². The molecule has 8 nitrogen and oxygen atoms in total. The number of urea groups is 1. The molecule has 1 atom stereocenters. The van der Waals surface area contributed by atoms with E-state index in [2.05, 4.69) is 15.5 Å². The fourth-order valence-electron chi connectivity index (χ4n) is 3.80. The minimum Gasteiger partial charge on any atom is -0.493 e. The lowest BCUT2D eigenvalue weighted by molar-refractivity contribution is 0.207. The highest BCUT2D eigenvalue weighted by Crippen LogP contribution is 2.38. The average molecular weight is 455 g/mol. The molecular weight excluding hydrogens is 432 g/mol. The third-order valence-corrected chi connectivity index (χ3v) is 5.63. The lowest BCUT2D eigenvalue weighted by atomic mass is 9.94. The van der Waals surface area contributed by atoms with Crippen LogP contribution in [0.2, 0.25) is 5.02 Å². The molecule has 0 aliphatic carbocycles. The van der Waals surface area contributed by atoms with Gasteiger partial charge in [-0.3, -0.25) is 4.90 Å². The zero-order chi connectivity index (χ0) is 22.8. The number of hydrogen-bond acceptors (Lipinski definition) is 6. The molecule has 2 amide bonds. The number of hydrogen-bond donors (Lipinski definition) is 1. The molecule has 1 aliphatic rings. The number of carbonyl (C=O) groups excluding carboxylic acids is 1. The van der Waals surface area contributed by atoms with Crippen molar-refractivity contribution in [3.8, 4) is 22.9 Å². The van der Waals surface area contributed by atoms with Crippen molar-refractivity contribution in [2.75, 3.05) is 20.8 Å². The molecule has 0 spiro atoms. The monoisotopic (exact) mass is 454 g/mol. The van der Waals surface area contributed by atoms with Crippen molar-refractivity contribution in [1.82, 2.24) is 20.4 Å². The predicted octanol–water partition coefficient (Wildman–Crippen LogP) is 4.92. The second-order valence-electron chi connectivity index (χ2n) is 7.17. The summed E-state index contributed by atoms with van der Waals surface area (Å²) in [7, 11) is 3.14. The summed E-state index contributed by atoms with van der Waals surface area (Å²) in [5, 5.41) is 7.77. The minimum atomic E-state index is -0.484. The lowest BCUT2D eigenvalue weighted by Crippen LogP contribution is -2.45. The molecule has 166 valence electrons. The largest absolute Gasteiger partial charge is 0.493 e. The first-order valence-electron chi connectivity index (χ1n) is 10.1. The highest BCUT2D eigenvalue weighted by Gasteiger charge is 2.35. The number of aromatic nitrogens is 2. The summed E-state index contributed by atoms with van der Waals surface area (Å²) in [6, 6.07) is 12.0. The Morgan fingerprint density at radius 3 is 2.62 bits per heavy atom. The summed E-state index contributed by atoms with van der Waals surface area (Å²) in [5.74, 6) is 1.88. The first kappa shape index (κ1) is 21.7. The molecule has 0 saturated heterocycles. The number of allylic oxidation sites excluding steroid dienone is 1. The molecule has 9 heteroatoms. The zero-order valence-electron chi connectivity index (χ0n) is 18.2. The Bertz CT molecular complexity index is 1190. The van der Waals surface area contributed by atoms with Crippen LogP contribution in [0.5, 0.6) is 11.5 Å². The van der Waals surface area contributed by atoms with E-state index in [0.717, 1.165) is 11.3 Å². The molecule has 0 bridgehead atoms. The van der Waals surface area contributed by atoms with Crippen LogP contribution in [0.25, 0.3) is 17.0 Å². The Hall–Kier alpha value is -3.52. The van der Waals surface area contributed by atoms with Crippen molar-refractivity contribution in [2.24, 2.45) is 0 Å². The van der Waals surface area contributed by atoms with Crippen LogP contribution in [0.15, 0.2) is 52.7 Å². The van der Waals surface area contributed by atoms with Gasteiger partial charge < -0.3 is 19.3 Å². The van der Waals surface area contributed by atoms with Crippen molar-refractivity contribution in [2.45, 2.75) is 19.9 Å². The number of nitrogens with zero attached hydrogens (tertiary/aromatic N) is 3. The van der Waals surface area contributed by atoms with Crippen LogP contribution in [0.1, 0.15) is 31.3 Å². The SMILES string of the molecule is CCN1C(=O)NC(c2cccc(Cl)c2)C(c2nc(-c3ccc(OC)c(OC)c3)no2)=C1C. The van der Waals surface area contributed by atoms with Gasteiger partial charge in [0, 0.05) is 22.8 Å². The Morgan fingerprint density at radius 1 is 1.16 bits per heavy atom. The highest BCUT2D eigenvalue weighted by molar-refractivity contribution is 6.30. The van der Waals surface area contributed by atoms with Gasteiger partial charge in [-0.2, -0.15) is 4.98 Å². The van der Waals surface area contributed by atoms with Gasteiger partial charge in [-0.05, 0) is 49.7 Å². The van der Waals surface area contributed by atoms with Crippen molar-refractivity contribution < 1.29 is 18.8 Å². The maximum atomic E-state index is 12.7. The molecular formula is C23H23ClN4O4. The van der Waals surface area contributed by atoms with Gasteiger partial charge in [0.05, 0.1) is 25.8 Å². The number of methoxy groups -OCH3 is 2. The second kappa shape index (κ2) is 8.92. The van der Waals surface area contributed by atoms with Gasteiger partial charge in [-0.15, -0.1) is 0 Å². The van der Waals surface area contributed by atoms with Gasteiger partial charge in [0.2, 0.25) is 5.82 Å². The van der Waals surface area contributed by atoms with Crippen LogP contribution in [0.3, 0.4) is 0 Å². The van der Waals surface area contributed by atoms with Gasteiger partial charge >= 0.3 is 6.03 Å². The van der Waals surface area contributed by atoms with Crippen LogP contribution in [0.4, 0.5) is 4.79 Å². The van der Waals surface area contributed by atoms with Crippen LogP contribution in [0, 0.1) is 0 Å². The van der Waals surface area contributed by atoms with E-state index in [1.165, 1.54) is 0 Å². The Balaban J connectivity index is 1.80. The van der Waals surface area contributed by atoms with Crippen molar-refractivity contribution in [3.05, 3.63) is 64.6 Å². The zero-order valence-corrected chi connectivity index (χ0v) is 18.9. The fraction of sp³-hybridized carbons (Fsp3) is 0.261. The van der Waals surface area contributed by atoms with E-state index >= 15 is 0 Å². The topological polar surface area (TPSA) is 89.7 Å². The van der Waals surface area contributed by atoms with E-state index in [4.69, 9.17) is 25.6 Å². The smallest absolute Gasteiger partial charge is 0.322 e. The number of halogens is 1. The van der Waals surface area contributed by atoms with Crippen LogP contribution < -0.4 is 14.8 Å². The first-order valence-corrected chi connectivity index (χ1v) is 10.4. The third kappa shape index (κ3) is 3.89. The number of nitrogens with one attached hydrogen (secondary N) is 1. The van der Waals surface area contributed by atoms with E-state index in [1.54, 1.807) is 37.3 Å². The van der Waals surface area contributed by atoms with Gasteiger partial charge in [0.15, 0.2) is 11.5 Å². The van der Waals surface area contributed by atoms with Crippen molar-refractivity contribution >= 4 is 23.2 Å². The molecule has 1 N–H and O–H groups in total. The summed E-state index contributed by atoms with van der Waals surface area (Å²) in [6.07, 6.45) is 0. The van der Waals surface area contributed by atoms with E-state index in [1.807, 2.05) is 38.1 Å². The number of rotatable bonds is 6.